The molecule has 2 aromatic carbocycles. The van der Waals surface area contributed by atoms with Crippen LogP contribution in [-0.4, -0.2) is 32.6 Å². The Hall–Kier alpha value is -2.59. The van der Waals surface area contributed by atoms with Crippen molar-refractivity contribution < 1.29 is 31.1 Å². The molecule has 3 aromatic rings. The van der Waals surface area contributed by atoms with E-state index in [-0.39, 0.29) is 33.4 Å². The van der Waals surface area contributed by atoms with Crippen LogP contribution in [0.4, 0.5) is 13.2 Å². The molecular formula is C17H12ClF3N2O4S. The maximum atomic E-state index is 13.0. The number of alkyl halides is 3. The van der Waals surface area contributed by atoms with Gasteiger partial charge < -0.3 is 9.47 Å². The van der Waals surface area contributed by atoms with E-state index in [1.165, 1.54) is 38.5 Å². The first-order chi connectivity index (χ1) is 13.0. The third-order valence-corrected chi connectivity index (χ3v) is 5.25. The number of fused-ring (bicyclic) bond motifs is 1. The normalized spacial score (nSPS) is 12.2. The fourth-order valence-corrected chi connectivity index (χ4v) is 3.37. The third kappa shape index (κ3) is 3.83. The molecule has 0 saturated heterocycles. The van der Waals surface area contributed by atoms with Crippen molar-refractivity contribution >= 4 is 30.6 Å². The zero-order valence-corrected chi connectivity index (χ0v) is 16.0. The molecule has 0 aliphatic rings. The highest BCUT2D eigenvalue weighted by atomic mass is 35.7. The lowest BCUT2D eigenvalue weighted by Gasteiger charge is -2.14. The van der Waals surface area contributed by atoms with E-state index >= 15 is 0 Å². The predicted octanol–water partition coefficient (Wildman–Crippen LogP) is 4.26. The first-order valence-electron chi connectivity index (χ1n) is 7.60. The number of rotatable bonds is 4. The van der Waals surface area contributed by atoms with Crippen LogP contribution in [0.1, 0.15) is 5.56 Å². The van der Waals surface area contributed by atoms with Gasteiger partial charge in [0.05, 0.1) is 35.9 Å². The van der Waals surface area contributed by atoms with E-state index in [0.717, 1.165) is 12.1 Å². The Morgan fingerprint density at radius 1 is 1.00 bits per heavy atom. The Labute approximate surface area is 162 Å². The smallest absolute Gasteiger partial charge is 0.416 e. The minimum atomic E-state index is -4.54. The Bertz CT molecular complexity index is 1170. The van der Waals surface area contributed by atoms with E-state index in [0.29, 0.717) is 5.39 Å². The standard InChI is InChI=1S/C17H12ClF3N2O4S/c1-26-14-7-9(17(19,20)21)3-5-12(14)15-11-6-4-10(28(18,24)25)8-13(11)22-16(23-15)27-2/h3-8H,1-2H3. The lowest BCUT2D eigenvalue weighted by atomic mass is 10.0. The van der Waals surface area contributed by atoms with Crippen molar-refractivity contribution in [2.45, 2.75) is 11.1 Å². The van der Waals surface area contributed by atoms with Crippen LogP contribution in [0, 0.1) is 0 Å². The second-order valence-corrected chi connectivity index (χ2v) is 8.15. The number of nitrogens with zero attached hydrogens (tertiary/aromatic N) is 2. The first kappa shape index (κ1) is 20.2. The van der Waals surface area contributed by atoms with Gasteiger partial charge in [0.2, 0.25) is 0 Å². The number of hydrogen-bond donors (Lipinski definition) is 0. The molecule has 0 aliphatic heterocycles. The summed E-state index contributed by atoms with van der Waals surface area (Å²) in [6.45, 7) is 0. The fourth-order valence-electron chi connectivity index (χ4n) is 2.60. The van der Waals surface area contributed by atoms with Crippen LogP contribution in [0.15, 0.2) is 41.3 Å². The van der Waals surface area contributed by atoms with Gasteiger partial charge in [-0.25, -0.2) is 8.42 Å². The molecule has 0 saturated carbocycles. The van der Waals surface area contributed by atoms with Crippen LogP contribution in [0.3, 0.4) is 0 Å². The number of ether oxygens (including phenoxy) is 2. The van der Waals surface area contributed by atoms with Gasteiger partial charge in [-0.3, -0.25) is 0 Å². The lowest BCUT2D eigenvalue weighted by Crippen LogP contribution is -2.06. The predicted molar refractivity (Wildman–Crippen MR) is 96.1 cm³/mol. The second-order valence-electron chi connectivity index (χ2n) is 5.59. The number of aromatic nitrogens is 2. The van der Waals surface area contributed by atoms with Gasteiger partial charge in [0.1, 0.15) is 5.75 Å². The van der Waals surface area contributed by atoms with Crippen molar-refractivity contribution in [1.29, 1.82) is 0 Å². The molecule has 6 nitrogen and oxygen atoms in total. The van der Waals surface area contributed by atoms with Gasteiger partial charge in [0.25, 0.3) is 9.05 Å². The summed E-state index contributed by atoms with van der Waals surface area (Å²) in [5.41, 5.74) is -0.229. The summed E-state index contributed by atoms with van der Waals surface area (Å²) in [7, 11) is 3.90. The molecule has 1 aromatic heterocycles. The van der Waals surface area contributed by atoms with Crippen molar-refractivity contribution in [2.24, 2.45) is 0 Å². The van der Waals surface area contributed by atoms with Crippen LogP contribution in [0.5, 0.6) is 11.8 Å². The summed E-state index contributed by atoms with van der Waals surface area (Å²) in [5, 5.41) is 0.378. The highest BCUT2D eigenvalue weighted by Gasteiger charge is 2.31. The lowest BCUT2D eigenvalue weighted by molar-refractivity contribution is -0.137. The van der Waals surface area contributed by atoms with Crippen LogP contribution in [0.25, 0.3) is 22.2 Å². The van der Waals surface area contributed by atoms with Gasteiger partial charge >= 0.3 is 12.2 Å². The number of hydrogen-bond acceptors (Lipinski definition) is 6. The van der Waals surface area contributed by atoms with Crippen LogP contribution >= 0.6 is 10.7 Å². The quantitative estimate of drug-likeness (QED) is 0.573. The molecule has 0 radical (unpaired) electrons. The first-order valence-corrected chi connectivity index (χ1v) is 9.91. The second kappa shape index (κ2) is 7.10. The minimum Gasteiger partial charge on any atom is -0.496 e. The fraction of sp³-hybridized carbons (Fsp3) is 0.176. The van der Waals surface area contributed by atoms with Gasteiger partial charge in [-0.05, 0) is 36.4 Å². The van der Waals surface area contributed by atoms with Gasteiger partial charge in [-0.2, -0.15) is 23.1 Å². The Balaban J connectivity index is 2.31. The molecular weight excluding hydrogens is 421 g/mol. The maximum absolute atomic E-state index is 13.0. The van der Waals surface area contributed by atoms with Gasteiger partial charge in [0, 0.05) is 21.6 Å². The van der Waals surface area contributed by atoms with E-state index in [4.69, 9.17) is 20.2 Å². The van der Waals surface area contributed by atoms with Gasteiger partial charge in [-0.1, -0.05) is 0 Å². The zero-order chi connectivity index (χ0) is 20.7. The average Bonchev–Trinajstić information content (AvgIpc) is 2.64. The van der Waals surface area contributed by atoms with Crippen molar-refractivity contribution in [3.05, 3.63) is 42.0 Å². The zero-order valence-electron chi connectivity index (χ0n) is 14.4. The van der Waals surface area contributed by atoms with Gasteiger partial charge in [-0.15, -0.1) is 0 Å². The minimum absolute atomic E-state index is 0.0640. The molecule has 0 N–H and O–H groups in total. The van der Waals surface area contributed by atoms with Crippen molar-refractivity contribution in [2.75, 3.05) is 14.2 Å². The van der Waals surface area contributed by atoms with Crippen LogP contribution < -0.4 is 9.47 Å². The SMILES string of the molecule is COc1nc(-c2ccc(C(F)(F)F)cc2OC)c2ccc(S(=O)(=O)Cl)cc2n1. The molecule has 0 amide bonds. The third-order valence-electron chi connectivity index (χ3n) is 3.90. The topological polar surface area (TPSA) is 78.4 Å². The molecule has 0 bridgehead atoms. The molecule has 0 aliphatic carbocycles. The number of benzene rings is 2. The highest BCUT2D eigenvalue weighted by Crippen LogP contribution is 2.39. The van der Waals surface area contributed by atoms with E-state index in [9.17, 15) is 21.6 Å². The van der Waals surface area contributed by atoms with Crippen molar-refractivity contribution in [3.8, 4) is 23.0 Å². The molecule has 28 heavy (non-hydrogen) atoms. The molecule has 148 valence electrons. The molecule has 3 rings (SSSR count). The molecule has 11 heteroatoms. The van der Waals surface area contributed by atoms with Crippen molar-refractivity contribution in [1.82, 2.24) is 9.97 Å². The summed E-state index contributed by atoms with van der Waals surface area (Å²) in [4.78, 5) is 8.11. The van der Waals surface area contributed by atoms with E-state index in [2.05, 4.69) is 9.97 Å². The molecule has 0 unspecified atom stereocenters. The summed E-state index contributed by atoms with van der Waals surface area (Å²) < 4.78 is 72.3. The Morgan fingerprint density at radius 3 is 2.29 bits per heavy atom. The van der Waals surface area contributed by atoms with Crippen LogP contribution in [0.2, 0.25) is 0 Å². The van der Waals surface area contributed by atoms with E-state index < -0.39 is 20.8 Å². The molecule has 0 fully saturated rings. The summed E-state index contributed by atoms with van der Waals surface area (Å²) in [6.07, 6.45) is -4.54. The average molecular weight is 433 g/mol. The summed E-state index contributed by atoms with van der Waals surface area (Å²) >= 11 is 0. The summed E-state index contributed by atoms with van der Waals surface area (Å²) in [6, 6.07) is 6.76. The number of methoxy groups -OCH3 is 2. The maximum Gasteiger partial charge on any atom is 0.416 e. The molecule has 0 spiro atoms. The monoisotopic (exact) mass is 432 g/mol. The van der Waals surface area contributed by atoms with Gasteiger partial charge in [0.15, 0.2) is 0 Å². The van der Waals surface area contributed by atoms with Crippen LogP contribution in [-0.2, 0) is 15.2 Å². The van der Waals surface area contributed by atoms with Crippen molar-refractivity contribution in [3.63, 3.8) is 0 Å². The number of halogens is 4. The Kier molecular flexibility index (Phi) is 5.11. The Morgan fingerprint density at radius 2 is 1.71 bits per heavy atom. The molecule has 1 heterocycles. The van der Waals surface area contributed by atoms with E-state index in [1.54, 1.807) is 0 Å². The molecule has 0 atom stereocenters. The summed E-state index contributed by atoms with van der Waals surface area (Å²) in [5.74, 6) is -0.0640. The largest absolute Gasteiger partial charge is 0.496 e. The highest BCUT2D eigenvalue weighted by molar-refractivity contribution is 8.13. The van der Waals surface area contributed by atoms with E-state index in [1.807, 2.05) is 0 Å².